The molecule has 5 nitrogen and oxygen atoms in total. The summed E-state index contributed by atoms with van der Waals surface area (Å²) in [6.07, 6.45) is 4.88. The zero-order chi connectivity index (χ0) is 15.4. The highest BCUT2D eigenvalue weighted by atomic mass is 16.7. The van der Waals surface area contributed by atoms with Crippen molar-refractivity contribution in [3.8, 4) is 0 Å². The lowest BCUT2D eigenvalue weighted by Gasteiger charge is -2.37. The number of hydrogen-bond donors (Lipinski definition) is 0. The van der Waals surface area contributed by atoms with Gasteiger partial charge < -0.3 is 14.4 Å². The molecule has 2 aliphatic rings. The van der Waals surface area contributed by atoms with E-state index in [1.165, 1.54) is 0 Å². The number of hydroxylamine groups is 2. The first kappa shape index (κ1) is 15.2. The van der Waals surface area contributed by atoms with Gasteiger partial charge >= 0.3 is 5.97 Å². The van der Waals surface area contributed by atoms with Crippen LogP contribution in [0.3, 0.4) is 0 Å². The van der Waals surface area contributed by atoms with Gasteiger partial charge in [-0.25, -0.2) is 4.79 Å². The summed E-state index contributed by atoms with van der Waals surface area (Å²) >= 11 is 0. The molecule has 1 aliphatic carbocycles. The van der Waals surface area contributed by atoms with Gasteiger partial charge in [0.05, 0.1) is 17.8 Å². The van der Waals surface area contributed by atoms with E-state index in [-0.39, 0.29) is 24.1 Å². The predicted molar refractivity (Wildman–Crippen MR) is 80.1 cm³/mol. The van der Waals surface area contributed by atoms with Gasteiger partial charge in [-0.1, -0.05) is 18.2 Å². The molecule has 1 heterocycles. The topological polar surface area (TPSA) is 55.8 Å². The Kier molecular flexibility index (Phi) is 4.85. The molecule has 0 atom stereocenters. The molecule has 22 heavy (non-hydrogen) atoms. The van der Waals surface area contributed by atoms with Crippen LogP contribution in [-0.2, 0) is 14.4 Å². The van der Waals surface area contributed by atoms with Crippen LogP contribution < -0.4 is 0 Å². The third-order valence-corrected chi connectivity index (χ3v) is 4.33. The van der Waals surface area contributed by atoms with Gasteiger partial charge in [0.1, 0.15) is 6.29 Å². The van der Waals surface area contributed by atoms with Crippen molar-refractivity contribution in [2.75, 3.05) is 13.1 Å². The lowest BCUT2D eigenvalue weighted by atomic mass is 9.83. The maximum absolute atomic E-state index is 12.0. The lowest BCUT2D eigenvalue weighted by molar-refractivity contribution is -0.158. The molecule has 0 aromatic heterocycles. The van der Waals surface area contributed by atoms with E-state index >= 15 is 0 Å². The number of rotatable bonds is 5. The first-order valence-electron chi connectivity index (χ1n) is 7.87. The fourth-order valence-electron chi connectivity index (χ4n) is 2.90. The lowest BCUT2D eigenvalue weighted by Crippen LogP contribution is -2.42. The first-order chi connectivity index (χ1) is 10.7. The standard InChI is InChI=1S/C17H21NO4/c19-12-13-10-16(11-13)21-15-6-8-18(9-7-15)22-17(20)14-4-2-1-3-5-14/h1-5,12-13,15-16H,6-11H2/t13-,16-. The molecule has 2 fully saturated rings. The minimum atomic E-state index is -0.312. The molecule has 1 aliphatic heterocycles. The molecule has 1 saturated carbocycles. The third-order valence-electron chi connectivity index (χ3n) is 4.33. The van der Waals surface area contributed by atoms with Crippen molar-refractivity contribution in [3.63, 3.8) is 0 Å². The second kappa shape index (κ2) is 7.03. The predicted octanol–water partition coefficient (Wildman–Crippen LogP) is 2.22. The zero-order valence-corrected chi connectivity index (χ0v) is 12.5. The Labute approximate surface area is 130 Å². The molecule has 0 unspecified atom stereocenters. The van der Waals surface area contributed by atoms with Crippen molar-refractivity contribution in [3.05, 3.63) is 35.9 Å². The number of aldehydes is 1. The maximum atomic E-state index is 12.0. The molecule has 3 rings (SSSR count). The highest BCUT2D eigenvalue weighted by Gasteiger charge is 2.33. The van der Waals surface area contributed by atoms with Crippen molar-refractivity contribution in [1.29, 1.82) is 0 Å². The summed E-state index contributed by atoms with van der Waals surface area (Å²) in [5.74, 6) is -0.121. The Morgan fingerprint density at radius 3 is 2.41 bits per heavy atom. The van der Waals surface area contributed by atoms with E-state index in [1.54, 1.807) is 17.2 Å². The quantitative estimate of drug-likeness (QED) is 0.781. The third kappa shape index (κ3) is 3.72. The zero-order valence-electron chi connectivity index (χ0n) is 12.5. The fraction of sp³-hybridized carbons (Fsp3) is 0.529. The number of ether oxygens (including phenoxy) is 1. The summed E-state index contributed by atoms with van der Waals surface area (Å²) in [6.45, 7) is 1.38. The van der Waals surface area contributed by atoms with Crippen LogP contribution in [0.15, 0.2) is 30.3 Å². The van der Waals surface area contributed by atoms with Crippen LogP contribution in [0.5, 0.6) is 0 Å². The Morgan fingerprint density at radius 2 is 1.77 bits per heavy atom. The van der Waals surface area contributed by atoms with Crippen LogP contribution in [0.4, 0.5) is 0 Å². The molecule has 0 spiro atoms. The number of hydrogen-bond acceptors (Lipinski definition) is 5. The van der Waals surface area contributed by atoms with Crippen LogP contribution in [-0.4, -0.2) is 42.6 Å². The molecular weight excluding hydrogens is 282 g/mol. The number of nitrogens with zero attached hydrogens (tertiary/aromatic N) is 1. The van der Waals surface area contributed by atoms with Gasteiger partial charge in [0.25, 0.3) is 0 Å². The van der Waals surface area contributed by atoms with Crippen LogP contribution in [0.2, 0.25) is 0 Å². The van der Waals surface area contributed by atoms with E-state index < -0.39 is 0 Å². The number of carbonyl (C=O) groups is 2. The van der Waals surface area contributed by atoms with E-state index in [4.69, 9.17) is 9.57 Å². The smallest absolute Gasteiger partial charge is 0.357 e. The Hall–Kier alpha value is -1.72. The molecule has 1 aromatic rings. The van der Waals surface area contributed by atoms with Crippen molar-refractivity contribution >= 4 is 12.3 Å². The van der Waals surface area contributed by atoms with E-state index in [0.29, 0.717) is 18.7 Å². The highest BCUT2D eigenvalue weighted by Crippen LogP contribution is 2.31. The van der Waals surface area contributed by atoms with Crippen LogP contribution in [0.1, 0.15) is 36.0 Å². The summed E-state index contributed by atoms with van der Waals surface area (Å²) in [5.41, 5.74) is 0.565. The highest BCUT2D eigenvalue weighted by molar-refractivity contribution is 5.89. The molecule has 5 heteroatoms. The van der Waals surface area contributed by atoms with Crippen LogP contribution in [0.25, 0.3) is 0 Å². The van der Waals surface area contributed by atoms with Gasteiger partial charge in [-0.15, -0.1) is 5.06 Å². The van der Waals surface area contributed by atoms with Crippen molar-refractivity contribution in [2.45, 2.75) is 37.9 Å². The molecule has 118 valence electrons. The molecular formula is C17H21NO4. The monoisotopic (exact) mass is 303 g/mol. The summed E-state index contributed by atoms with van der Waals surface area (Å²) in [7, 11) is 0. The van der Waals surface area contributed by atoms with Crippen molar-refractivity contribution in [2.24, 2.45) is 5.92 Å². The SMILES string of the molecule is O=C[C@H]1C[C@H](OC2CCN(OC(=O)c3ccccc3)CC2)C1. The molecule has 1 saturated heterocycles. The first-order valence-corrected chi connectivity index (χ1v) is 7.87. The van der Waals surface area contributed by atoms with Gasteiger partial charge in [-0.2, -0.15) is 0 Å². The van der Waals surface area contributed by atoms with E-state index in [0.717, 1.165) is 32.0 Å². The summed E-state index contributed by atoms with van der Waals surface area (Å²) in [4.78, 5) is 27.9. The van der Waals surface area contributed by atoms with Gasteiger partial charge in [0.2, 0.25) is 0 Å². The number of carbonyl (C=O) groups excluding carboxylic acids is 2. The molecule has 0 amide bonds. The Balaban J connectivity index is 1.39. The average molecular weight is 303 g/mol. The summed E-state index contributed by atoms with van der Waals surface area (Å²) in [6, 6.07) is 9.01. The van der Waals surface area contributed by atoms with Crippen LogP contribution >= 0.6 is 0 Å². The van der Waals surface area contributed by atoms with E-state index in [2.05, 4.69) is 0 Å². The number of benzene rings is 1. The minimum absolute atomic E-state index is 0.192. The molecule has 1 aromatic carbocycles. The molecule has 0 radical (unpaired) electrons. The number of piperidine rings is 1. The largest absolute Gasteiger partial charge is 0.375 e. The van der Waals surface area contributed by atoms with Crippen LogP contribution in [0, 0.1) is 5.92 Å². The van der Waals surface area contributed by atoms with Gasteiger partial charge in [-0.05, 0) is 37.8 Å². The summed E-state index contributed by atoms with van der Waals surface area (Å²) < 4.78 is 5.97. The maximum Gasteiger partial charge on any atom is 0.357 e. The normalized spacial score (nSPS) is 26.2. The summed E-state index contributed by atoms with van der Waals surface area (Å²) in [5, 5.41) is 1.71. The van der Waals surface area contributed by atoms with Crippen molar-refractivity contribution in [1.82, 2.24) is 5.06 Å². The second-order valence-electron chi connectivity index (χ2n) is 6.00. The molecule has 0 N–H and O–H groups in total. The van der Waals surface area contributed by atoms with E-state index in [1.807, 2.05) is 18.2 Å². The minimum Gasteiger partial charge on any atom is -0.375 e. The van der Waals surface area contributed by atoms with E-state index in [9.17, 15) is 9.59 Å². The van der Waals surface area contributed by atoms with Gasteiger partial charge in [-0.3, -0.25) is 0 Å². The van der Waals surface area contributed by atoms with Crippen molar-refractivity contribution < 1.29 is 19.2 Å². The second-order valence-corrected chi connectivity index (χ2v) is 6.00. The van der Waals surface area contributed by atoms with Gasteiger partial charge in [0, 0.05) is 19.0 Å². The Morgan fingerprint density at radius 1 is 1.09 bits per heavy atom. The fourth-order valence-corrected chi connectivity index (χ4v) is 2.90. The Bertz CT molecular complexity index is 505. The van der Waals surface area contributed by atoms with Gasteiger partial charge in [0.15, 0.2) is 0 Å². The average Bonchev–Trinajstić information content (AvgIpc) is 2.53. The molecule has 0 bridgehead atoms.